The zero-order valence-corrected chi connectivity index (χ0v) is 23.6. The molecule has 0 aliphatic carbocycles. The summed E-state index contributed by atoms with van der Waals surface area (Å²) < 4.78 is 34.6. The number of nitrogens with zero attached hydrogens (tertiary/aromatic N) is 3. The molecule has 206 valence electrons. The SMILES string of the molecule is O=C1CC(N(Cc2ccccc2Cl)S(=O)(=O)c2ccc(Cl)cc2)C(=O)N1c1ccc(-c2nc3ccccc3o2)cc1. The molecule has 2 amide bonds. The van der Waals surface area contributed by atoms with Gasteiger partial charge >= 0.3 is 0 Å². The van der Waals surface area contributed by atoms with Gasteiger partial charge in [0.25, 0.3) is 5.91 Å². The molecule has 4 aromatic carbocycles. The van der Waals surface area contributed by atoms with Crippen LogP contribution in [0.3, 0.4) is 0 Å². The number of aromatic nitrogens is 1. The van der Waals surface area contributed by atoms with E-state index in [1.54, 1.807) is 48.5 Å². The number of fused-ring (bicyclic) bond motifs is 1. The Morgan fingerprint density at radius 3 is 2.27 bits per heavy atom. The number of rotatable bonds is 7. The second-order valence-electron chi connectivity index (χ2n) is 9.42. The van der Waals surface area contributed by atoms with Crippen molar-refractivity contribution < 1.29 is 22.4 Å². The maximum absolute atomic E-state index is 13.9. The Kier molecular flexibility index (Phi) is 7.13. The normalized spacial score (nSPS) is 15.8. The maximum atomic E-state index is 13.9. The van der Waals surface area contributed by atoms with Crippen molar-refractivity contribution in [3.05, 3.63) is 113 Å². The molecule has 11 heteroatoms. The minimum absolute atomic E-state index is 0.0599. The average molecular weight is 606 g/mol. The summed E-state index contributed by atoms with van der Waals surface area (Å²) >= 11 is 12.3. The second-order valence-corrected chi connectivity index (χ2v) is 12.2. The third-order valence-electron chi connectivity index (χ3n) is 6.84. The van der Waals surface area contributed by atoms with Crippen molar-refractivity contribution in [2.75, 3.05) is 4.90 Å². The van der Waals surface area contributed by atoms with E-state index < -0.39 is 27.9 Å². The van der Waals surface area contributed by atoms with Gasteiger partial charge in [0.15, 0.2) is 5.58 Å². The number of sulfonamides is 1. The lowest BCUT2D eigenvalue weighted by atomic mass is 10.2. The van der Waals surface area contributed by atoms with Crippen LogP contribution < -0.4 is 4.90 Å². The van der Waals surface area contributed by atoms with Crippen molar-refractivity contribution in [2.24, 2.45) is 0 Å². The summed E-state index contributed by atoms with van der Waals surface area (Å²) in [4.78, 5) is 32.4. The van der Waals surface area contributed by atoms with Crippen molar-refractivity contribution in [2.45, 2.75) is 23.9 Å². The number of oxazole rings is 1. The van der Waals surface area contributed by atoms with Crippen molar-refractivity contribution in [3.8, 4) is 11.5 Å². The molecule has 1 unspecified atom stereocenters. The Labute approximate surface area is 245 Å². The molecule has 1 fully saturated rings. The fourth-order valence-electron chi connectivity index (χ4n) is 4.76. The second kappa shape index (κ2) is 10.8. The monoisotopic (exact) mass is 605 g/mol. The minimum atomic E-state index is -4.24. The lowest BCUT2D eigenvalue weighted by Crippen LogP contribution is -2.45. The number of amides is 2. The zero-order valence-electron chi connectivity index (χ0n) is 21.3. The Morgan fingerprint density at radius 1 is 0.878 bits per heavy atom. The highest BCUT2D eigenvalue weighted by Gasteiger charge is 2.47. The van der Waals surface area contributed by atoms with Crippen LogP contribution in [0.4, 0.5) is 5.69 Å². The van der Waals surface area contributed by atoms with Crippen LogP contribution in [0.2, 0.25) is 10.0 Å². The van der Waals surface area contributed by atoms with Gasteiger partial charge in [-0.2, -0.15) is 4.31 Å². The number of anilines is 1. The highest BCUT2D eigenvalue weighted by molar-refractivity contribution is 7.89. The molecular formula is C30H21Cl2N3O5S. The standard InChI is InChI=1S/C30H21Cl2N3O5S/c31-21-11-15-23(16-12-21)41(38,39)34(18-20-5-1-2-6-24(20)32)26-17-28(36)35(30(26)37)22-13-9-19(10-14-22)29-33-25-7-3-4-8-27(25)40-29/h1-16,26H,17-18H2. The number of imide groups is 1. The molecule has 0 saturated carbocycles. The van der Waals surface area contributed by atoms with Crippen molar-refractivity contribution in [1.29, 1.82) is 0 Å². The molecule has 5 aromatic rings. The number of carbonyl (C=O) groups excluding carboxylic acids is 2. The number of carbonyl (C=O) groups is 2. The molecular weight excluding hydrogens is 585 g/mol. The van der Waals surface area contributed by atoms with Crippen molar-refractivity contribution >= 4 is 61.8 Å². The van der Waals surface area contributed by atoms with Gasteiger partial charge < -0.3 is 4.42 Å². The molecule has 0 bridgehead atoms. The van der Waals surface area contributed by atoms with Gasteiger partial charge in [-0.15, -0.1) is 0 Å². The first kappa shape index (κ1) is 27.2. The molecule has 6 rings (SSSR count). The van der Waals surface area contributed by atoms with Crippen LogP contribution in [0.5, 0.6) is 0 Å². The third kappa shape index (κ3) is 5.13. The Morgan fingerprint density at radius 2 is 1.56 bits per heavy atom. The maximum Gasteiger partial charge on any atom is 0.252 e. The molecule has 2 heterocycles. The van der Waals surface area contributed by atoms with E-state index in [-0.39, 0.29) is 17.9 Å². The van der Waals surface area contributed by atoms with Crippen molar-refractivity contribution in [3.63, 3.8) is 0 Å². The van der Waals surface area contributed by atoms with Gasteiger partial charge in [-0.1, -0.05) is 53.5 Å². The molecule has 1 aromatic heterocycles. The average Bonchev–Trinajstić information content (AvgIpc) is 3.53. The van der Waals surface area contributed by atoms with E-state index in [0.29, 0.717) is 43.9 Å². The first-order valence-corrected chi connectivity index (χ1v) is 14.8. The third-order valence-corrected chi connectivity index (χ3v) is 9.33. The molecule has 0 N–H and O–H groups in total. The van der Waals surface area contributed by atoms with Gasteiger partial charge in [0.1, 0.15) is 11.6 Å². The summed E-state index contributed by atoms with van der Waals surface area (Å²) in [6, 6.07) is 25.1. The zero-order chi connectivity index (χ0) is 28.7. The summed E-state index contributed by atoms with van der Waals surface area (Å²) in [5, 5.41) is 0.702. The highest BCUT2D eigenvalue weighted by atomic mass is 35.5. The first-order valence-electron chi connectivity index (χ1n) is 12.6. The fraction of sp³-hybridized carbons (Fsp3) is 0.100. The molecule has 1 aliphatic rings. The number of hydrogen-bond acceptors (Lipinski definition) is 6. The van der Waals surface area contributed by atoms with Gasteiger partial charge in [0.2, 0.25) is 21.8 Å². The van der Waals surface area contributed by atoms with Crippen LogP contribution >= 0.6 is 23.2 Å². The molecule has 8 nitrogen and oxygen atoms in total. The minimum Gasteiger partial charge on any atom is -0.436 e. The molecule has 41 heavy (non-hydrogen) atoms. The summed E-state index contributed by atoms with van der Waals surface area (Å²) in [7, 11) is -4.24. The van der Waals surface area contributed by atoms with Crippen molar-refractivity contribution in [1.82, 2.24) is 9.29 Å². The predicted octanol–water partition coefficient (Wildman–Crippen LogP) is 6.32. The van der Waals surface area contributed by atoms with E-state index >= 15 is 0 Å². The summed E-state index contributed by atoms with van der Waals surface area (Å²) in [5.74, 6) is -0.783. The molecule has 0 radical (unpaired) electrons. The lowest BCUT2D eigenvalue weighted by molar-refractivity contribution is -0.122. The van der Waals surface area contributed by atoms with Crippen LogP contribution in [-0.4, -0.2) is 35.6 Å². The smallest absolute Gasteiger partial charge is 0.252 e. The molecule has 1 aliphatic heterocycles. The summed E-state index contributed by atoms with van der Waals surface area (Å²) in [6.45, 7) is -0.210. The molecule has 0 spiro atoms. The van der Waals surface area contributed by atoms with Gasteiger partial charge in [-0.25, -0.2) is 18.3 Å². The molecule has 1 saturated heterocycles. The lowest BCUT2D eigenvalue weighted by Gasteiger charge is -2.27. The predicted molar refractivity (Wildman–Crippen MR) is 156 cm³/mol. The quantitative estimate of drug-likeness (QED) is 0.201. The number of para-hydroxylation sites is 2. The Balaban J connectivity index is 1.33. The van der Waals surface area contributed by atoms with E-state index in [1.165, 1.54) is 24.3 Å². The largest absolute Gasteiger partial charge is 0.436 e. The number of hydrogen-bond donors (Lipinski definition) is 0. The van der Waals surface area contributed by atoms with Gasteiger partial charge in [0.05, 0.1) is 17.0 Å². The summed E-state index contributed by atoms with van der Waals surface area (Å²) in [6.07, 6.45) is -0.330. The number of benzene rings is 4. The van der Waals surface area contributed by atoms with Gasteiger partial charge in [0, 0.05) is 22.2 Å². The van der Waals surface area contributed by atoms with Crippen LogP contribution in [0.25, 0.3) is 22.6 Å². The van der Waals surface area contributed by atoms with E-state index in [4.69, 9.17) is 27.6 Å². The van der Waals surface area contributed by atoms with E-state index in [2.05, 4.69) is 4.98 Å². The topological polar surface area (TPSA) is 101 Å². The summed E-state index contributed by atoms with van der Waals surface area (Å²) in [5.41, 5.74) is 2.81. The van der Waals surface area contributed by atoms with Crippen LogP contribution in [-0.2, 0) is 26.2 Å². The van der Waals surface area contributed by atoms with Gasteiger partial charge in [-0.3, -0.25) is 9.59 Å². The number of halogens is 2. The Hall–Kier alpha value is -4.02. The van der Waals surface area contributed by atoms with E-state index in [0.717, 1.165) is 9.21 Å². The van der Waals surface area contributed by atoms with E-state index in [9.17, 15) is 18.0 Å². The van der Waals surface area contributed by atoms with Crippen LogP contribution in [0, 0.1) is 0 Å². The Bertz CT molecular complexity index is 1860. The van der Waals surface area contributed by atoms with E-state index in [1.807, 2.05) is 24.3 Å². The van der Waals surface area contributed by atoms with Crippen LogP contribution in [0.15, 0.2) is 106 Å². The highest BCUT2D eigenvalue weighted by Crippen LogP contribution is 2.33. The van der Waals surface area contributed by atoms with Gasteiger partial charge in [-0.05, 0) is 72.3 Å². The van der Waals surface area contributed by atoms with Crippen LogP contribution in [0.1, 0.15) is 12.0 Å². The first-order chi connectivity index (χ1) is 19.7. The fourth-order valence-corrected chi connectivity index (χ4v) is 6.64. The molecule has 1 atom stereocenters.